The lowest BCUT2D eigenvalue weighted by Gasteiger charge is -2.29. The van der Waals surface area contributed by atoms with Gasteiger partial charge in [-0.25, -0.2) is 8.78 Å². The van der Waals surface area contributed by atoms with E-state index in [1.54, 1.807) is 27.0 Å². The molecule has 4 heterocycles. The van der Waals surface area contributed by atoms with E-state index in [1.165, 1.54) is 6.20 Å². The lowest BCUT2D eigenvalue weighted by atomic mass is 9.94. The van der Waals surface area contributed by atoms with Gasteiger partial charge < -0.3 is 20.3 Å². The van der Waals surface area contributed by atoms with Crippen LogP contribution in [0, 0.1) is 0 Å². The number of allylic oxidation sites excluding steroid dienone is 1. The zero-order valence-corrected chi connectivity index (χ0v) is 21.6. The van der Waals surface area contributed by atoms with Crippen molar-refractivity contribution < 1.29 is 18.3 Å². The van der Waals surface area contributed by atoms with Crippen molar-refractivity contribution in [2.45, 2.75) is 58.5 Å². The van der Waals surface area contributed by atoms with Gasteiger partial charge in [-0.1, -0.05) is 0 Å². The molecule has 0 saturated carbocycles. The monoisotopic (exact) mass is 512 g/mol. The number of hydrogen-bond acceptors (Lipinski definition) is 6. The van der Waals surface area contributed by atoms with E-state index in [0.717, 1.165) is 47.6 Å². The molecular formula is C27H34F2N6O2. The molecule has 1 fully saturated rings. The van der Waals surface area contributed by atoms with Crippen LogP contribution in [0.1, 0.15) is 67.1 Å². The molecule has 3 aliphatic heterocycles. The zero-order chi connectivity index (χ0) is 26.3. The Bertz CT molecular complexity index is 1260. The average Bonchev–Trinajstić information content (AvgIpc) is 3.49. The predicted octanol–water partition coefficient (Wildman–Crippen LogP) is 4.16. The normalized spacial score (nSPS) is 19.0. The third-order valence-corrected chi connectivity index (χ3v) is 7.87. The Morgan fingerprint density at radius 1 is 1.22 bits per heavy atom. The van der Waals surface area contributed by atoms with Gasteiger partial charge >= 0.3 is 0 Å². The molecule has 1 amide bonds. The summed E-state index contributed by atoms with van der Waals surface area (Å²) in [6.07, 6.45) is 1.86. The second-order valence-corrected chi connectivity index (χ2v) is 9.89. The van der Waals surface area contributed by atoms with Crippen LogP contribution in [0.4, 0.5) is 20.3 Å². The van der Waals surface area contributed by atoms with Crippen LogP contribution >= 0.6 is 0 Å². The highest BCUT2D eigenvalue weighted by Gasteiger charge is 2.35. The molecule has 0 spiro atoms. The number of carbonyl (C=O) groups is 1. The van der Waals surface area contributed by atoms with Gasteiger partial charge in [-0.2, -0.15) is 5.10 Å². The Morgan fingerprint density at radius 2 is 1.97 bits per heavy atom. The number of benzene rings is 1. The molecule has 0 aliphatic carbocycles. The lowest BCUT2D eigenvalue weighted by molar-refractivity contribution is -0.129. The summed E-state index contributed by atoms with van der Waals surface area (Å²) in [5.74, 6) is 0.788. The van der Waals surface area contributed by atoms with Crippen LogP contribution in [-0.4, -0.2) is 59.7 Å². The minimum absolute atomic E-state index is 0.0240. The second kappa shape index (κ2) is 10.2. The molecular weight excluding hydrogens is 478 g/mol. The number of halogens is 2. The van der Waals surface area contributed by atoms with Gasteiger partial charge in [0.15, 0.2) is 5.82 Å². The minimum atomic E-state index is -2.68. The second-order valence-electron chi connectivity index (χ2n) is 9.89. The highest BCUT2D eigenvalue weighted by atomic mass is 19.3. The third kappa shape index (κ3) is 4.52. The number of amides is 1. The van der Waals surface area contributed by atoms with Crippen molar-refractivity contribution in [3.05, 3.63) is 46.3 Å². The number of alkyl halides is 2. The fourth-order valence-electron chi connectivity index (χ4n) is 5.76. The van der Waals surface area contributed by atoms with Crippen molar-refractivity contribution in [1.82, 2.24) is 14.7 Å². The summed E-state index contributed by atoms with van der Waals surface area (Å²) < 4.78 is 36.4. The van der Waals surface area contributed by atoms with Crippen LogP contribution in [-0.2, 0) is 28.9 Å². The van der Waals surface area contributed by atoms with Crippen molar-refractivity contribution in [3.63, 3.8) is 0 Å². The first-order chi connectivity index (χ1) is 17.8. The molecule has 0 unspecified atom stereocenters. The summed E-state index contributed by atoms with van der Waals surface area (Å²) in [7, 11) is 1.62. The van der Waals surface area contributed by atoms with Crippen molar-refractivity contribution in [2.75, 3.05) is 38.3 Å². The number of rotatable bonds is 5. The summed E-state index contributed by atoms with van der Waals surface area (Å²) in [4.78, 5) is 20.3. The Kier molecular flexibility index (Phi) is 7.02. The maximum atomic E-state index is 14.3. The maximum Gasteiger partial charge on any atom is 0.264 e. The first kappa shape index (κ1) is 25.4. The van der Waals surface area contributed by atoms with Gasteiger partial charge in [-0.05, 0) is 49.4 Å². The predicted molar refractivity (Wildman–Crippen MR) is 139 cm³/mol. The van der Waals surface area contributed by atoms with E-state index in [0.29, 0.717) is 56.1 Å². The quantitative estimate of drug-likeness (QED) is 0.608. The van der Waals surface area contributed by atoms with Crippen molar-refractivity contribution in [1.29, 1.82) is 0 Å². The maximum absolute atomic E-state index is 14.3. The highest BCUT2D eigenvalue weighted by Crippen LogP contribution is 2.43. The molecule has 0 atom stereocenters. The summed E-state index contributed by atoms with van der Waals surface area (Å²) >= 11 is 0. The number of anilines is 2. The van der Waals surface area contributed by atoms with Gasteiger partial charge in [-0.15, -0.1) is 0 Å². The van der Waals surface area contributed by atoms with Crippen LogP contribution < -0.4 is 10.6 Å². The number of carbonyl (C=O) groups excluding carboxylic acids is 1. The number of nitrogens with zero attached hydrogens (tertiary/aromatic N) is 5. The molecule has 0 bridgehead atoms. The number of nitrogens with two attached hydrogens (primary N) is 1. The Morgan fingerprint density at radius 3 is 2.62 bits per heavy atom. The van der Waals surface area contributed by atoms with E-state index in [-0.39, 0.29) is 17.5 Å². The molecule has 10 heteroatoms. The molecule has 37 heavy (non-hydrogen) atoms. The van der Waals surface area contributed by atoms with Crippen molar-refractivity contribution in [2.24, 2.45) is 10.7 Å². The molecule has 5 rings (SSSR count). The van der Waals surface area contributed by atoms with Gasteiger partial charge in [-0.3, -0.25) is 14.5 Å². The standard InChI is InChI=1S/C27H34F2N6O2/c1-16(31-3)22(14-30)20-12-18-4-9-34(25(18)13-21(20)26(28)29)27-23-15-33(17(2)36)8-5-24(23)35(32-27)19-6-10-37-11-7-19/h12-14,19,26H,4-11,15,30H2,1-3H3. The van der Waals surface area contributed by atoms with E-state index < -0.39 is 6.43 Å². The van der Waals surface area contributed by atoms with E-state index in [4.69, 9.17) is 15.6 Å². The van der Waals surface area contributed by atoms with Crippen LogP contribution in [0.25, 0.3) is 5.57 Å². The molecule has 1 saturated heterocycles. The first-order valence-corrected chi connectivity index (χ1v) is 12.9. The Labute approximate surface area is 215 Å². The van der Waals surface area contributed by atoms with Gasteiger partial charge in [0.05, 0.1) is 12.6 Å². The topological polar surface area (TPSA) is 89.0 Å². The summed E-state index contributed by atoms with van der Waals surface area (Å²) in [6.45, 7) is 6.49. The van der Waals surface area contributed by atoms with Crippen LogP contribution in [0.3, 0.4) is 0 Å². The van der Waals surface area contributed by atoms with Crippen LogP contribution in [0.2, 0.25) is 0 Å². The highest BCUT2D eigenvalue weighted by molar-refractivity contribution is 6.23. The van der Waals surface area contributed by atoms with Gasteiger partial charge in [0.1, 0.15) is 0 Å². The Hall–Kier alpha value is -3.27. The minimum Gasteiger partial charge on any atom is -0.404 e. The van der Waals surface area contributed by atoms with E-state index in [2.05, 4.69) is 14.6 Å². The Balaban J connectivity index is 1.61. The number of fused-ring (bicyclic) bond motifs is 2. The molecule has 1 aromatic heterocycles. The molecule has 0 radical (unpaired) electrons. The van der Waals surface area contributed by atoms with Gasteiger partial charge in [0, 0.05) is 86.7 Å². The molecule has 2 N–H and O–H groups in total. The molecule has 1 aromatic carbocycles. The largest absolute Gasteiger partial charge is 0.404 e. The molecule has 3 aliphatic rings. The van der Waals surface area contributed by atoms with Gasteiger partial charge in [0.2, 0.25) is 5.91 Å². The number of aliphatic imine (C=N–C) groups is 1. The molecule has 8 nitrogen and oxygen atoms in total. The van der Waals surface area contributed by atoms with Gasteiger partial charge in [0.25, 0.3) is 6.43 Å². The van der Waals surface area contributed by atoms with E-state index in [1.807, 2.05) is 11.0 Å². The average molecular weight is 513 g/mol. The summed E-state index contributed by atoms with van der Waals surface area (Å²) in [5.41, 5.74) is 11.2. The number of aromatic nitrogens is 2. The first-order valence-electron chi connectivity index (χ1n) is 12.9. The van der Waals surface area contributed by atoms with Crippen molar-refractivity contribution >= 4 is 28.7 Å². The molecule has 198 valence electrons. The smallest absolute Gasteiger partial charge is 0.264 e. The fraction of sp³-hybridized carbons (Fsp3) is 0.519. The third-order valence-electron chi connectivity index (χ3n) is 7.87. The molecule has 2 aromatic rings. The van der Waals surface area contributed by atoms with E-state index >= 15 is 0 Å². The summed E-state index contributed by atoms with van der Waals surface area (Å²) in [6, 6.07) is 3.64. The fourth-order valence-corrected chi connectivity index (χ4v) is 5.76. The lowest BCUT2D eigenvalue weighted by Crippen LogP contribution is -2.35. The van der Waals surface area contributed by atoms with E-state index in [9.17, 15) is 13.6 Å². The number of hydrogen-bond donors (Lipinski definition) is 1. The zero-order valence-electron chi connectivity index (χ0n) is 21.6. The van der Waals surface area contributed by atoms with Crippen LogP contribution in [0.15, 0.2) is 23.3 Å². The SMILES string of the molecule is CN=C(C)C(=CN)c1cc2c(cc1C(F)F)N(c1nn(C3CCOCC3)c3c1CN(C(C)=O)CC3)CC2. The number of ether oxygens (including phenoxy) is 1. The summed E-state index contributed by atoms with van der Waals surface area (Å²) in [5, 5.41) is 5.09. The van der Waals surface area contributed by atoms with Crippen LogP contribution in [0.5, 0.6) is 0 Å². The van der Waals surface area contributed by atoms with Crippen molar-refractivity contribution in [3.8, 4) is 0 Å².